The normalized spacial score (nSPS) is 24.4. The molecule has 0 unspecified atom stereocenters. The van der Waals surface area contributed by atoms with Gasteiger partial charge < -0.3 is 4.74 Å². The van der Waals surface area contributed by atoms with Gasteiger partial charge in [-0.1, -0.05) is 80.3 Å². The lowest BCUT2D eigenvalue weighted by molar-refractivity contribution is 0.317. The van der Waals surface area contributed by atoms with Gasteiger partial charge >= 0.3 is 0 Å². The summed E-state index contributed by atoms with van der Waals surface area (Å²) in [5, 5.41) is -0.0529. The molecule has 0 amide bonds. The molecule has 0 radical (unpaired) electrons. The molecule has 0 bridgehead atoms. The van der Waals surface area contributed by atoms with Crippen molar-refractivity contribution in [3.8, 4) is 0 Å². The monoisotopic (exact) mass is 282 g/mol. The molecule has 2 aromatic rings. The Morgan fingerprint density at radius 1 is 0.750 bits per heavy atom. The summed E-state index contributed by atoms with van der Waals surface area (Å²) in [6.45, 7) is 9.46. The van der Waals surface area contributed by atoms with Gasteiger partial charge in [0.1, 0.15) is 5.60 Å². The maximum absolute atomic E-state index is 6.49. The summed E-state index contributed by atoms with van der Waals surface area (Å²) >= 11 is 0. The van der Waals surface area contributed by atoms with E-state index in [1.54, 1.807) is 0 Å². The molecular weight excluding hydrogens is 260 g/mol. The van der Waals surface area contributed by atoms with Crippen molar-refractivity contribution in [3.63, 3.8) is 0 Å². The van der Waals surface area contributed by atoms with Crippen molar-refractivity contribution in [2.45, 2.75) is 37.4 Å². The summed E-state index contributed by atoms with van der Waals surface area (Å²) in [5.74, 6) is 0. The second kappa shape index (κ2) is 4.30. The zero-order valence-corrected chi connectivity index (χ0v) is 13.7. The van der Waals surface area contributed by atoms with Crippen molar-refractivity contribution >= 4 is 8.07 Å². The van der Waals surface area contributed by atoms with Gasteiger partial charge in [0, 0.05) is 0 Å². The average molecular weight is 282 g/mol. The predicted molar refractivity (Wildman–Crippen MR) is 86.5 cm³/mol. The zero-order chi connectivity index (χ0) is 14.4. The fourth-order valence-electron chi connectivity index (χ4n) is 3.14. The summed E-state index contributed by atoms with van der Waals surface area (Å²) in [6, 6.07) is 21.3. The Morgan fingerprint density at radius 2 is 1.15 bits per heavy atom. The van der Waals surface area contributed by atoms with Crippen LogP contribution in [0.5, 0.6) is 0 Å². The van der Waals surface area contributed by atoms with Crippen LogP contribution in [0.4, 0.5) is 0 Å². The quantitative estimate of drug-likeness (QED) is 0.592. The highest BCUT2D eigenvalue weighted by Gasteiger charge is 2.73. The van der Waals surface area contributed by atoms with Crippen molar-refractivity contribution in [2.24, 2.45) is 0 Å². The molecule has 1 heterocycles. The number of hydrogen-bond donors (Lipinski definition) is 0. The molecule has 1 atom stereocenters. The Hall–Kier alpha value is -1.38. The Morgan fingerprint density at radius 3 is 1.45 bits per heavy atom. The highest BCUT2D eigenvalue weighted by molar-refractivity contribution is 6.80. The third-order valence-electron chi connectivity index (χ3n) is 4.78. The molecule has 1 saturated heterocycles. The standard InChI is InChI=1S/C18H22OSi/c1-17(20(2,3)4)18(19-17,15-11-7-5-8-12-15)16-13-9-6-10-14-16/h5-14H,1-4H3/t17-/m0/s1. The fraction of sp³-hybridized carbons (Fsp3) is 0.333. The van der Waals surface area contributed by atoms with Crippen LogP contribution < -0.4 is 0 Å². The smallest absolute Gasteiger partial charge is 0.144 e. The molecular formula is C18H22OSi. The first kappa shape index (κ1) is 13.6. The highest BCUT2D eigenvalue weighted by Crippen LogP contribution is 2.63. The van der Waals surface area contributed by atoms with Gasteiger partial charge in [0.15, 0.2) is 0 Å². The molecule has 20 heavy (non-hydrogen) atoms. The number of ether oxygens (including phenoxy) is 1. The largest absolute Gasteiger partial charge is 0.356 e. The van der Waals surface area contributed by atoms with Crippen LogP contribution >= 0.6 is 0 Å². The van der Waals surface area contributed by atoms with E-state index in [9.17, 15) is 0 Å². The molecule has 0 saturated carbocycles. The number of rotatable bonds is 3. The summed E-state index contributed by atoms with van der Waals surface area (Å²) in [4.78, 5) is 0. The summed E-state index contributed by atoms with van der Waals surface area (Å²) < 4.78 is 6.49. The van der Waals surface area contributed by atoms with Crippen LogP contribution in [0.3, 0.4) is 0 Å². The lowest BCUT2D eigenvalue weighted by atomic mass is 9.88. The van der Waals surface area contributed by atoms with E-state index in [0.29, 0.717) is 0 Å². The van der Waals surface area contributed by atoms with Crippen LogP contribution in [0.1, 0.15) is 18.1 Å². The van der Waals surface area contributed by atoms with Gasteiger partial charge in [-0.15, -0.1) is 0 Å². The molecule has 1 aliphatic rings. The lowest BCUT2D eigenvalue weighted by Crippen LogP contribution is -2.44. The number of hydrogen-bond acceptors (Lipinski definition) is 1. The van der Waals surface area contributed by atoms with Gasteiger partial charge in [-0.2, -0.15) is 0 Å². The SMILES string of the molecule is C[C@@]1([Si](C)(C)C)OC1(c1ccccc1)c1ccccc1. The maximum Gasteiger partial charge on any atom is 0.144 e. The van der Waals surface area contributed by atoms with Crippen LogP contribution in [0, 0.1) is 0 Å². The molecule has 1 fully saturated rings. The minimum atomic E-state index is -1.47. The van der Waals surface area contributed by atoms with Crippen LogP contribution in [-0.2, 0) is 10.3 Å². The lowest BCUT2D eigenvalue weighted by Gasteiger charge is -2.27. The molecule has 1 nitrogen and oxygen atoms in total. The Bertz CT molecular complexity index is 561. The fourth-order valence-corrected chi connectivity index (χ4v) is 4.95. The second-order valence-electron chi connectivity index (χ2n) is 6.80. The third-order valence-corrected chi connectivity index (χ3v) is 8.10. The average Bonchev–Trinajstić information content (AvgIpc) is 3.10. The van der Waals surface area contributed by atoms with E-state index in [2.05, 4.69) is 87.2 Å². The molecule has 1 aliphatic heterocycles. The van der Waals surface area contributed by atoms with Crippen molar-refractivity contribution in [2.75, 3.05) is 0 Å². The van der Waals surface area contributed by atoms with E-state index < -0.39 is 8.07 Å². The highest BCUT2D eigenvalue weighted by atomic mass is 28.3. The zero-order valence-electron chi connectivity index (χ0n) is 12.7. The molecule has 3 rings (SSSR count). The first-order chi connectivity index (χ1) is 9.42. The van der Waals surface area contributed by atoms with Crippen LogP contribution in [-0.4, -0.2) is 13.3 Å². The van der Waals surface area contributed by atoms with E-state index in [1.165, 1.54) is 11.1 Å². The molecule has 0 N–H and O–H groups in total. The van der Waals surface area contributed by atoms with Gasteiger partial charge in [0.25, 0.3) is 0 Å². The Labute approximate surface area is 122 Å². The van der Waals surface area contributed by atoms with Crippen molar-refractivity contribution in [3.05, 3.63) is 71.8 Å². The molecule has 0 aliphatic carbocycles. The Balaban J connectivity index is 2.18. The van der Waals surface area contributed by atoms with Gasteiger partial charge in [-0.3, -0.25) is 0 Å². The topological polar surface area (TPSA) is 12.5 Å². The summed E-state index contributed by atoms with van der Waals surface area (Å²) in [5.41, 5.74) is 2.28. The summed E-state index contributed by atoms with van der Waals surface area (Å²) in [6.07, 6.45) is 0. The molecule has 2 aromatic carbocycles. The second-order valence-corrected chi connectivity index (χ2v) is 12.3. The van der Waals surface area contributed by atoms with Gasteiger partial charge in [-0.05, 0) is 18.1 Å². The van der Waals surface area contributed by atoms with Crippen LogP contribution in [0.15, 0.2) is 60.7 Å². The molecule has 0 spiro atoms. The van der Waals surface area contributed by atoms with E-state index in [4.69, 9.17) is 4.74 Å². The van der Waals surface area contributed by atoms with Crippen molar-refractivity contribution in [1.82, 2.24) is 0 Å². The third kappa shape index (κ3) is 1.71. The number of benzene rings is 2. The number of epoxide rings is 1. The van der Waals surface area contributed by atoms with E-state index in [-0.39, 0.29) is 10.8 Å². The maximum atomic E-state index is 6.49. The van der Waals surface area contributed by atoms with E-state index in [0.717, 1.165) is 0 Å². The van der Waals surface area contributed by atoms with Crippen LogP contribution in [0.25, 0.3) is 0 Å². The van der Waals surface area contributed by atoms with E-state index in [1.807, 2.05) is 0 Å². The molecule has 2 heteroatoms. The molecule has 104 valence electrons. The molecule has 0 aromatic heterocycles. The van der Waals surface area contributed by atoms with Gasteiger partial charge in [0.05, 0.1) is 13.3 Å². The van der Waals surface area contributed by atoms with E-state index >= 15 is 0 Å². The van der Waals surface area contributed by atoms with Gasteiger partial charge in [-0.25, -0.2) is 0 Å². The van der Waals surface area contributed by atoms with Gasteiger partial charge in [0.2, 0.25) is 0 Å². The first-order valence-electron chi connectivity index (χ1n) is 7.23. The minimum absolute atomic E-state index is 0.0529. The minimum Gasteiger partial charge on any atom is -0.356 e. The summed E-state index contributed by atoms with van der Waals surface area (Å²) in [7, 11) is -1.47. The Kier molecular flexibility index (Phi) is 2.93. The van der Waals surface area contributed by atoms with Crippen LogP contribution in [0.2, 0.25) is 19.6 Å². The van der Waals surface area contributed by atoms with Crippen molar-refractivity contribution in [1.29, 1.82) is 0 Å². The predicted octanol–water partition coefficient (Wildman–Crippen LogP) is 4.60. The van der Waals surface area contributed by atoms with Crippen molar-refractivity contribution < 1.29 is 4.74 Å². The first-order valence-corrected chi connectivity index (χ1v) is 10.7.